The molecule has 0 heterocycles. The van der Waals surface area contributed by atoms with Crippen molar-refractivity contribution in [1.29, 1.82) is 0 Å². The standard InChI is InChI=1S/C17H18ClFN2O2/c1-10-6-7-15(11(8-10)12(9-20-2)17(22)23)21-16-13(18)4-3-5-14(16)19/h3-8,12,20-21H,9H2,1-2H3,(H,22,23). The first kappa shape index (κ1) is 17.2. The predicted molar refractivity (Wildman–Crippen MR) is 90.2 cm³/mol. The predicted octanol–water partition coefficient (Wildman–Crippen LogP) is 3.92. The van der Waals surface area contributed by atoms with Gasteiger partial charge in [-0.15, -0.1) is 0 Å². The van der Waals surface area contributed by atoms with Crippen LogP contribution in [0.2, 0.25) is 5.02 Å². The van der Waals surface area contributed by atoms with E-state index in [0.29, 0.717) is 11.3 Å². The lowest BCUT2D eigenvalue weighted by Gasteiger charge is -2.19. The summed E-state index contributed by atoms with van der Waals surface area (Å²) < 4.78 is 14.0. The van der Waals surface area contributed by atoms with Crippen molar-refractivity contribution in [2.45, 2.75) is 12.8 Å². The average Bonchev–Trinajstić information content (AvgIpc) is 2.49. The zero-order valence-electron chi connectivity index (χ0n) is 12.9. The molecule has 0 fully saturated rings. The lowest BCUT2D eigenvalue weighted by molar-refractivity contribution is -0.138. The van der Waals surface area contributed by atoms with Gasteiger partial charge in [0, 0.05) is 12.2 Å². The van der Waals surface area contributed by atoms with E-state index in [1.165, 1.54) is 12.1 Å². The second-order valence-corrected chi connectivity index (χ2v) is 5.67. The van der Waals surface area contributed by atoms with Crippen LogP contribution in [0, 0.1) is 12.7 Å². The highest BCUT2D eigenvalue weighted by Gasteiger charge is 2.23. The number of anilines is 2. The SMILES string of the molecule is CNCC(C(=O)O)c1cc(C)ccc1Nc1c(F)cccc1Cl. The molecule has 0 saturated heterocycles. The molecule has 0 aliphatic heterocycles. The summed E-state index contributed by atoms with van der Waals surface area (Å²) in [5.74, 6) is -2.20. The van der Waals surface area contributed by atoms with Crippen LogP contribution >= 0.6 is 11.6 Å². The Morgan fingerprint density at radius 1 is 1.35 bits per heavy atom. The summed E-state index contributed by atoms with van der Waals surface area (Å²) in [5, 5.41) is 15.5. The number of nitrogens with one attached hydrogen (secondary N) is 2. The number of rotatable bonds is 6. The Morgan fingerprint density at radius 2 is 2.09 bits per heavy atom. The van der Waals surface area contributed by atoms with Crippen LogP contribution < -0.4 is 10.6 Å². The van der Waals surface area contributed by atoms with Gasteiger partial charge in [-0.25, -0.2) is 4.39 Å². The van der Waals surface area contributed by atoms with Crippen molar-refractivity contribution in [3.05, 3.63) is 58.4 Å². The Labute approximate surface area is 139 Å². The van der Waals surface area contributed by atoms with Crippen LogP contribution in [0.4, 0.5) is 15.8 Å². The number of aliphatic carboxylic acids is 1. The van der Waals surface area contributed by atoms with Gasteiger partial charge in [0.05, 0.1) is 16.6 Å². The van der Waals surface area contributed by atoms with Gasteiger partial charge in [-0.1, -0.05) is 35.4 Å². The summed E-state index contributed by atoms with van der Waals surface area (Å²) in [6.45, 7) is 2.14. The number of benzene rings is 2. The molecule has 0 amide bonds. The van der Waals surface area contributed by atoms with E-state index in [2.05, 4.69) is 10.6 Å². The highest BCUT2D eigenvalue weighted by molar-refractivity contribution is 6.33. The maximum Gasteiger partial charge on any atom is 0.312 e. The van der Waals surface area contributed by atoms with Gasteiger partial charge < -0.3 is 15.7 Å². The molecule has 0 aromatic heterocycles. The van der Waals surface area contributed by atoms with E-state index >= 15 is 0 Å². The molecule has 0 spiro atoms. The van der Waals surface area contributed by atoms with E-state index in [1.807, 2.05) is 13.0 Å². The molecular weight excluding hydrogens is 319 g/mol. The first-order valence-electron chi connectivity index (χ1n) is 7.13. The third-order valence-corrected chi connectivity index (χ3v) is 3.83. The monoisotopic (exact) mass is 336 g/mol. The minimum atomic E-state index is -0.951. The number of carboxylic acid groups (broad SMARTS) is 1. The molecule has 0 saturated carbocycles. The Balaban J connectivity index is 2.48. The van der Waals surface area contributed by atoms with Gasteiger partial charge in [0.2, 0.25) is 0 Å². The number of aryl methyl sites for hydroxylation is 1. The van der Waals surface area contributed by atoms with Gasteiger partial charge >= 0.3 is 5.97 Å². The summed E-state index contributed by atoms with van der Waals surface area (Å²) in [7, 11) is 1.69. The molecule has 4 nitrogen and oxygen atoms in total. The molecular formula is C17H18ClFN2O2. The van der Waals surface area contributed by atoms with Crippen LogP contribution in [0.1, 0.15) is 17.0 Å². The number of hydrogen-bond acceptors (Lipinski definition) is 3. The fourth-order valence-electron chi connectivity index (χ4n) is 2.37. The first-order valence-corrected chi connectivity index (χ1v) is 7.50. The molecule has 0 aliphatic carbocycles. The van der Waals surface area contributed by atoms with Gasteiger partial charge in [-0.05, 0) is 37.7 Å². The van der Waals surface area contributed by atoms with Crippen LogP contribution in [0.25, 0.3) is 0 Å². The van der Waals surface area contributed by atoms with Crippen LogP contribution in [0.15, 0.2) is 36.4 Å². The van der Waals surface area contributed by atoms with Crippen LogP contribution in [-0.4, -0.2) is 24.7 Å². The third kappa shape index (κ3) is 4.00. The molecule has 0 radical (unpaired) electrons. The zero-order chi connectivity index (χ0) is 17.0. The molecule has 2 aromatic rings. The van der Waals surface area contributed by atoms with Crippen molar-refractivity contribution >= 4 is 28.9 Å². The van der Waals surface area contributed by atoms with Crippen molar-refractivity contribution in [3.63, 3.8) is 0 Å². The number of carboxylic acids is 1. The topological polar surface area (TPSA) is 61.4 Å². The van der Waals surface area contributed by atoms with E-state index in [1.54, 1.807) is 25.2 Å². The van der Waals surface area contributed by atoms with E-state index in [9.17, 15) is 14.3 Å². The molecule has 0 aliphatic rings. The third-order valence-electron chi connectivity index (χ3n) is 3.51. The van der Waals surface area contributed by atoms with Crippen LogP contribution in [-0.2, 0) is 4.79 Å². The van der Waals surface area contributed by atoms with Gasteiger partial charge in [0.15, 0.2) is 0 Å². The van der Waals surface area contributed by atoms with Crippen molar-refractivity contribution in [3.8, 4) is 0 Å². The summed E-state index contributed by atoms with van der Waals surface area (Å²) in [5.41, 5.74) is 2.15. The Morgan fingerprint density at radius 3 is 2.70 bits per heavy atom. The maximum atomic E-state index is 14.0. The number of likely N-dealkylation sites (N-methyl/N-ethyl adjacent to an activating group) is 1. The Kier molecular flexibility index (Phi) is 5.58. The summed E-state index contributed by atoms with van der Waals surface area (Å²) >= 11 is 6.04. The number of carbonyl (C=O) groups is 1. The van der Waals surface area contributed by atoms with E-state index in [-0.39, 0.29) is 17.3 Å². The fourth-order valence-corrected chi connectivity index (χ4v) is 2.58. The molecule has 6 heteroatoms. The number of halogens is 2. The van der Waals surface area contributed by atoms with Crippen molar-refractivity contribution < 1.29 is 14.3 Å². The van der Waals surface area contributed by atoms with Crippen molar-refractivity contribution in [2.75, 3.05) is 18.9 Å². The average molecular weight is 337 g/mol. The van der Waals surface area contributed by atoms with Crippen LogP contribution in [0.5, 0.6) is 0 Å². The van der Waals surface area contributed by atoms with Gasteiger partial charge in [0.1, 0.15) is 5.82 Å². The second-order valence-electron chi connectivity index (χ2n) is 5.26. The summed E-state index contributed by atoms with van der Waals surface area (Å²) in [4.78, 5) is 11.6. The quantitative estimate of drug-likeness (QED) is 0.748. The normalized spacial score (nSPS) is 12.0. The molecule has 23 heavy (non-hydrogen) atoms. The van der Waals surface area contributed by atoms with Gasteiger partial charge in [0.25, 0.3) is 0 Å². The first-order chi connectivity index (χ1) is 10.9. The summed E-state index contributed by atoms with van der Waals surface area (Å²) in [6, 6.07) is 9.73. The van der Waals surface area contributed by atoms with Gasteiger partial charge in [-0.3, -0.25) is 4.79 Å². The largest absolute Gasteiger partial charge is 0.481 e. The molecule has 2 rings (SSSR count). The lowest BCUT2D eigenvalue weighted by Crippen LogP contribution is -2.25. The van der Waals surface area contributed by atoms with E-state index in [4.69, 9.17) is 11.6 Å². The second kappa shape index (κ2) is 7.44. The molecule has 1 unspecified atom stereocenters. The Bertz CT molecular complexity index is 701. The van der Waals surface area contributed by atoms with E-state index in [0.717, 1.165) is 5.56 Å². The maximum absolute atomic E-state index is 14.0. The minimum Gasteiger partial charge on any atom is -0.481 e. The zero-order valence-corrected chi connectivity index (χ0v) is 13.6. The van der Waals surface area contributed by atoms with Crippen molar-refractivity contribution in [1.82, 2.24) is 5.32 Å². The fraction of sp³-hybridized carbons (Fsp3) is 0.235. The van der Waals surface area contributed by atoms with Crippen molar-refractivity contribution in [2.24, 2.45) is 0 Å². The van der Waals surface area contributed by atoms with Crippen LogP contribution in [0.3, 0.4) is 0 Å². The Hall–Kier alpha value is -2.11. The highest BCUT2D eigenvalue weighted by atomic mass is 35.5. The molecule has 122 valence electrons. The lowest BCUT2D eigenvalue weighted by atomic mass is 9.95. The molecule has 3 N–H and O–H groups in total. The minimum absolute atomic E-state index is 0.132. The highest BCUT2D eigenvalue weighted by Crippen LogP contribution is 2.33. The van der Waals surface area contributed by atoms with Gasteiger partial charge in [-0.2, -0.15) is 0 Å². The summed E-state index contributed by atoms with van der Waals surface area (Å²) in [6.07, 6.45) is 0. The smallest absolute Gasteiger partial charge is 0.312 e. The molecule has 0 bridgehead atoms. The molecule has 2 aromatic carbocycles. The van der Waals surface area contributed by atoms with E-state index < -0.39 is 17.7 Å². The number of para-hydroxylation sites is 1. The molecule has 1 atom stereocenters. The number of hydrogen-bond donors (Lipinski definition) is 3.